The van der Waals surface area contributed by atoms with Gasteiger partial charge in [-0.05, 0) is 43.5 Å². The van der Waals surface area contributed by atoms with Crippen LogP contribution in [0.15, 0.2) is 24.3 Å². The minimum absolute atomic E-state index is 0.772. The molecule has 0 fully saturated rings. The molecule has 16 heavy (non-hydrogen) atoms. The molecule has 1 aromatic carbocycles. The Balaban J connectivity index is 2.35. The van der Waals surface area contributed by atoms with Crippen LogP contribution in [0.5, 0.6) is 0 Å². The molecule has 0 aliphatic carbocycles. The van der Waals surface area contributed by atoms with Crippen molar-refractivity contribution in [1.82, 2.24) is 0 Å². The van der Waals surface area contributed by atoms with Gasteiger partial charge < -0.3 is 11.1 Å². The van der Waals surface area contributed by atoms with Gasteiger partial charge in [0.25, 0.3) is 0 Å². The van der Waals surface area contributed by atoms with Crippen LogP contribution in [-0.4, -0.2) is 13.1 Å². The second-order valence-electron chi connectivity index (χ2n) is 4.23. The molecule has 1 aromatic rings. The molecule has 0 atom stereocenters. The summed E-state index contributed by atoms with van der Waals surface area (Å²) in [5, 5.41) is 3.47. The van der Waals surface area contributed by atoms with Crippen molar-refractivity contribution in [3.63, 3.8) is 0 Å². The van der Waals surface area contributed by atoms with Gasteiger partial charge in [0.05, 0.1) is 0 Å². The number of benzene rings is 1. The van der Waals surface area contributed by atoms with Crippen LogP contribution in [0.3, 0.4) is 0 Å². The van der Waals surface area contributed by atoms with Crippen LogP contribution < -0.4 is 11.1 Å². The molecule has 3 N–H and O–H groups in total. The van der Waals surface area contributed by atoms with E-state index in [2.05, 4.69) is 36.5 Å². The van der Waals surface area contributed by atoms with Gasteiger partial charge >= 0.3 is 0 Å². The van der Waals surface area contributed by atoms with Crippen molar-refractivity contribution in [2.75, 3.05) is 18.4 Å². The first-order valence-corrected chi connectivity index (χ1v) is 6.39. The zero-order valence-corrected chi connectivity index (χ0v) is 10.3. The van der Waals surface area contributed by atoms with Crippen LogP contribution in [0.2, 0.25) is 0 Å². The lowest BCUT2D eigenvalue weighted by atomic mass is 10.1. The lowest BCUT2D eigenvalue weighted by Gasteiger charge is -2.07. The van der Waals surface area contributed by atoms with E-state index in [4.69, 9.17) is 5.73 Å². The molecular weight excluding hydrogens is 196 g/mol. The molecule has 0 amide bonds. The summed E-state index contributed by atoms with van der Waals surface area (Å²) >= 11 is 0. The lowest BCUT2D eigenvalue weighted by Crippen LogP contribution is -2.03. The molecule has 0 saturated heterocycles. The molecule has 0 aromatic heterocycles. The van der Waals surface area contributed by atoms with Crippen molar-refractivity contribution >= 4 is 5.69 Å². The Morgan fingerprint density at radius 1 is 1.19 bits per heavy atom. The van der Waals surface area contributed by atoms with Gasteiger partial charge in [-0.2, -0.15) is 0 Å². The maximum Gasteiger partial charge on any atom is 0.0342 e. The Morgan fingerprint density at radius 3 is 2.81 bits per heavy atom. The third-order valence-electron chi connectivity index (χ3n) is 2.71. The van der Waals surface area contributed by atoms with Crippen LogP contribution in [0.4, 0.5) is 5.69 Å². The average molecular weight is 220 g/mol. The molecule has 2 heteroatoms. The Kier molecular flexibility index (Phi) is 6.66. The number of nitrogens with one attached hydrogen (secondary N) is 1. The van der Waals surface area contributed by atoms with Gasteiger partial charge in [0.2, 0.25) is 0 Å². The van der Waals surface area contributed by atoms with E-state index in [-0.39, 0.29) is 0 Å². The molecule has 0 bridgehead atoms. The quantitative estimate of drug-likeness (QED) is 0.660. The molecule has 0 unspecified atom stereocenters. The van der Waals surface area contributed by atoms with Crippen molar-refractivity contribution in [3.05, 3.63) is 29.8 Å². The molecule has 0 aliphatic heterocycles. The van der Waals surface area contributed by atoms with Crippen molar-refractivity contribution in [3.8, 4) is 0 Å². The second-order valence-corrected chi connectivity index (χ2v) is 4.23. The molecule has 1 rings (SSSR count). The van der Waals surface area contributed by atoms with Gasteiger partial charge in [0, 0.05) is 12.2 Å². The van der Waals surface area contributed by atoms with Crippen LogP contribution >= 0.6 is 0 Å². The Hall–Kier alpha value is -1.02. The van der Waals surface area contributed by atoms with Gasteiger partial charge in [-0.15, -0.1) is 0 Å². The van der Waals surface area contributed by atoms with Gasteiger partial charge in [0.15, 0.2) is 0 Å². The van der Waals surface area contributed by atoms with Crippen LogP contribution in [0.1, 0.15) is 38.2 Å². The van der Waals surface area contributed by atoms with E-state index in [1.54, 1.807) is 0 Å². The third kappa shape index (κ3) is 5.17. The molecule has 0 saturated carbocycles. The van der Waals surface area contributed by atoms with Gasteiger partial charge in [-0.3, -0.25) is 0 Å². The highest BCUT2D eigenvalue weighted by molar-refractivity contribution is 5.45. The summed E-state index contributed by atoms with van der Waals surface area (Å²) in [6, 6.07) is 8.67. The van der Waals surface area contributed by atoms with Crippen molar-refractivity contribution in [2.24, 2.45) is 5.73 Å². The average Bonchev–Trinajstić information content (AvgIpc) is 2.33. The van der Waals surface area contributed by atoms with E-state index in [9.17, 15) is 0 Å². The molecule has 0 aliphatic rings. The number of hydrogen-bond acceptors (Lipinski definition) is 2. The second kappa shape index (κ2) is 8.17. The maximum absolute atomic E-state index is 5.51. The maximum atomic E-state index is 5.51. The first-order chi connectivity index (χ1) is 7.86. The van der Waals surface area contributed by atoms with E-state index in [0.29, 0.717) is 0 Å². The molecular formula is C14H24N2. The first kappa shape index (κ1) is 13.0. The Labute approximate surface area is 99.2 Å². The number of rotatable bonds is 8. The van der Waals surface area contributed by atoms with Crippen LogP contribution in [0.25, 0.3) is 0 Å². The van der Waals surface area contributed by atoms with Crippen LogP contribution in [0, 0.1) is 0 Å². The van der Waals surface area contributed by atoms with E-state index in [1.165, 1.54) is 30.5 Å². The van der Waals surface area contributed by atoms with E-state index >= 15 is 0 Å². The fraction of sp³-hybridized carbons (Fsp3) is 0.571. The highest BCUT2D eigenvalue weighted by Gasteiger charge is 1.95. The Bertz CT molecular complexity index is 284. The molecule has 90 valence electrons. The molecule has 0 radical (unpaired) electrons. The first-order valence-electron chi connectivity index (χ1n) is 6.39. The number of hydrogen-bond donors (Lipinski definition) is 2. The smallest absolute Gasteiger partial charge is 0.0342 e. The van der Waals surface area contributed by atoms with Gasteiger partial charge in [-0.1, -0.05) is 31.9 Å². The highest BCUT2D eigenvalue weighted by atomic mass is 14.9. The summed E-state index contributed by atoms with van der Waals surface area (Å²) in [6.07, 6.45) is 5.99. The monoisotopic (exact) mass is 220 g/mol. The largest absolute Gasteiger partial charge is 0.385 e. The zero-order valence-electron chi connectivity index (χ0n) is 10.3. The van der Waals surface area contributed by atoms with Crippen LogP contribution in [-0.2, 0) is 6.42 Å². The third-order valence-corrected chi connectivity index (χ3v) is 2.71. The molecule has 0 heterocycles. The summed E-state index contributed by atoms with van der Waals surface area (Å²) in [6.45, 7) is 4.08. The fourth-order valence-electron chi connectivity index (χ4n) is 1.75. The SMILES string of the molecule is CCCCCNc1cccc(CCCN)c1. The predicted octanol–water partition coefficient (Wildman–Crippen LogP) is 3.18. The standard InChI is InChI=1S/C14H24N2/c1-2-3-4-11-16-14-9-5-7-13(12-14)8-6-10-15/h5,7,9,12,16H,2-4,6,8,10-11,15H2,1H3. The number of unbranched alkanes of at least 4 members (excludes halogenated alkanes) is 2. The highest BCUT2D eigenvalue weighted by Crippen LogP contribution is 2.12. The summed E-state index contributed by atoms with van der Waals surface area (Å²) in [5.74, 6) is 0. The normalized spacial score (nSPS) is 10.4. The number of aryl methyl sites for hydroxylation is 1. The summed E-state index contributed by atoms with van der Waals surface area (Å²) in [7, 11) is 0. The van der Waals surface area contributed by atoms with Crippen molar-refractivity contribution in [1.29, 1.82) is 0 Å². The van der Waals surface area contributed by atoms with E-state index in [0.717, 1.165) is 25.9 Å². The Morgan fingerprint density at radius 2 is 2.06 bits per heavy atom. The van der Waals surface area contributed by atoms with E-state index in [1.807, 2.05) is 0 Å². The zero-order chi connectivity index (χ0) is 11.6. The molecule has 0 spiro atoms. The minimum atomic E-state index is 0.772. The lowest BCUT2D eigenvalue weighted by molar-refractivity contribution is 0.743. The van der Waals surface area contributed by atoms with Crippen molar-refractivity contribution in [2.45, 2.75) is 39.0 Å². The predicted molar refractivity (Wildman–Crippen MR) is 71.8 cm³/mol. The fourth-order valence-corrected chi connectivity index (χ4v) is 1.75. The summed E-state index contributed by atoms with van der Waals surface area (Å²) < 4.78 is 0. The summed E-state index contributed by atoms with van der Waals surface area (Å²) in [4.78, 5) is 0. The van der Waals surface area contributed by atoms with Crippen molar-refractivity contribution < 1.29 is 0 Å². The topological polar surface area (TPSA) is 38.0 Å². The minimum Gasteiger partial charge on any atom is -0.385 e. The number of anilines is 1. The number of nitrogens with two attached hydrogens (primary N) is 1. The molecule has 2 nitrogen and oxygen atoms in total. The van der Waals surface area contributed by atoms with E-state index < -0.39 is 0 Å². The summed E-state index contributed by atoms with van der Waals surface area (Å²) in [5.41, 5.74) is 8.13. The van der Waals surface area contributed by atoms with Gasteiger partial charge in [-0.25, -0.2) is 0 Å². The van der Waals surface area contributed by atoms with Gasteiger partial charge in [0.1, 0.15) is 0 Å².